The van der Waals surface area contributed by atoms with Crippen LogP contribution < -0.4 is 10.2 Å². The number of amides is 2. The molecule has 1 fully saturated rings. The van der Waals surface area contributed by atoms with Crippen LogP contribution in [0.5, 0.6) is 0 Å². The summed E-state index contributed by atoms with van der Waals surface area (Å²) in [5.41, 5.74) is 2.04. The first kappa shape index (κ1) is 14.5. The van der Waals surface area contributed by atoms with Gasteiger partial charge in [-0.15, -0.1) is 0 Å². The number of rotatable bonds is 4. The van der Waals surface area contributed by atoms with Crippen molar-refractivity contribution in [2.24, 2.45) is 0 Å². The average molecular weight is 276 g/mol. The lowest BCUT2D eigenvalue weighted by atomic mass is 10.0. The summed E-state index contributed by atoms with van der Waals surface area (Å²) in [6, 6.07) is 7.39. The summed E-state index contributed by atoms with van der Waals surface area (Å²) in [4.78, 5) is 25.7. The second kappa shape index (κ2) is 6.52. The zero-order chi connectivity index (χ0) is 14.5. The van der Waals surface area contributed by atoms with Gasteiger partial charge in [-0.05, 0) is 31.9 Å². The number of carbonyl (C=O) groups is 2. The molecule has 1 aliphatic heterocycles. The number of hydrogen-bond acceptors (Lipinski definition) is 3. The number of nitrogens with one attached hydrogen (secondary N) is 1. The van der Waals surface area contributed by atoms with Crippen LogP contribution in [0.4, 0.5) is 5.69 Å². The first-order valence-corrected chi connectivity index (χ1v) is 6.78. The molecule has 2 amide bonds. The van der Waals surface area contributed by atoms with Gasteiger partial charge in [-0.25, -0.2) is 0 Å². The maximum absolute atomic E-state index is 12.4. The van der Waals surface area contributed by atoms with Gasteiger partial charge in [0.25, 0.3) is 0 Å². The van der Waals surface area contributed by atoms with Crippen molar-refractivity contribution in [2.75, 3.05) is 25.2 Å². The van der Waals surface area contributed by atoms with Gasteiger partial charge < -0.3 is 15.0 Å². The van der Waals surface area contributed by atoms with E-state index in [9.17, 15) is 9.59 Å². The molecular formula is C15H20N2O3. The molecule has 1 N–H and O–H groups in total. The molecule has 1 atom stereocenters. The fourth-order valence-corrected chi connectivity index (χ4v) is 2.36. The van der Waals surface area contributed by atoms with Gasteiger partial charge in [-0.1, -0.05) is 17.7 Å². The molecular weight excluding hydrogens is 256 g/mol. The molecule has 0 aromatic heterocycles. The van der Waals surface area contributed by atoms with Crippen LogP contribution in [0, 0.1) is 6.92 Å². The van der Waals surface area contributed by atoms with Crippen LogP contribution in [-0.4, -0.2) is 38.1 Å². The molecule has 0 saturated carbocycles. The summed E-state index contributed by atoms with van der Waals surface area (Å²) in [7, 11) is 1.46. The molecule has 1 heterocycles. The van der Waals surface area contributed by atoms with Gasteiger partial charge in [0.1, 0.15) is 12.6 Å². The van der Waals surface area contributed by atoms with Crippen LogP contribution in [-0.2, 0) is 14.3 Å². The van der Waals surface area contributed by atoms with Crippen molar-refractivity contribution in [3.8, 4) is 0 Å². The molecule has 1 aromatic carbocycles. The Morgan fingerprint density at radius 2 is 2.10 bits per heavy atom. The number of nitrogens with zero attached hydrogens (tertiary/aromatic N) is 1. The van der Waals surface area contributed by atoms with Crippen molar-refractivity contribution >= 4 is 17.5 Å². The van der Waals surface area contributed by atoms with Crippen molar-refractivity contribution < 1.29 is 14.3 Å². The summed E-state index contributed by atoms with van der Waals surface area (Å²) in [6.07, 6.45) is 1.55. The number of benzene rings is 1. The Morgan fingerprint density at radius 3 is 2.75 bits per heavy atom. The third kappa shape index (κ3) is 3.36. The molecule has 2 rings (SSSR count). The van der Waals surface area contributed by atoms with E-state index in [1.807, 2.05) is 31.2 Å². The monoisotopic (exact) mass is 276 g/mol. The predicted molar refractivity (Wildman–Crippen MR) is 76.6 cm³/mol. The van der Waals surface area contributed by atoms with Crippen molar-refractivity contribution in [3.63, 3.8) is 0 Å². The van der Waals surface area contributed by atoms with E-state index in [0.717, 1.165) is 17.7 Å². The third-order valence-corrected chi connectivity index (χ3v) is 3.39. The van der Waals surface area contributed by atoms with Crippen LogP contribution in [0.25, 0.3) is 0 Å². The Hall–Kier alpha value is -1.88. The minimum atomic E-state index is -0.451. The number of ether oxygens (including phenoxy) is 1. The Morgan fingerprint density at radius 1 is 1.40 bits per heavy atom. The molecule has 0 radical (unpaired) electrons. The third-order valence-electron chi connectivity index (χ3n) is 3.39. The van der Waals surface area contributed by atoms with E-state index < -0.39 is 6.04 Å². The Bertz CT molecular complexity index is 484. The van der Waals surface area contributed by atoms with Gasteiger partial charge in [0.05, 0.1) is 0 Å². The minimum Gasteiger partial charge on any atom is -0.375 e. The molecule has 1 saturated heterocycles. The average Bonchev–Trinajstić information content (AvgIpc) is 2.43. The van der Waals surface area contributed by atoms with E-state index in [0.29, 0.717) is 13.0 Å². The van der Waals surface area contributed by atoms with E-state index in [1.54, 1.807) is 4.90 Å². The first-order valence-electron chi connectivity index (χ1n) is 6.78. The lowest BCUT2D eigenvalue weighted by Gasteiger charge is -2.32. The Kier molecular flexibility index (Phi) is 4.74. The SMILES string of the molecule is COCC(=O)N[C@H]1CCCN(c2ccc(C)cc2)C1=O. The quantitative estimate of drug-likeness (QED) is 0.900. The lowest BCUT2D eigenvalue weighted by Crippen LogP contribution is -2.53. The molecule has 1 aromatic rings. The number of piperidine rings is 1. The van der Waals surface area contributed by atoms with E-state index in [2.05, 4.69) is 5.32 Å². The number of anilines is 1. The molecule has 20 heavy (non-hydrogen) atoms. The van der Waals surface area contributed by atoms with Crippen molar-refractivity contribution in [2.45, 2.75) is 25.8 Å². The lowest BCUT2D eigenvalue weighted by molar-refractivity contribution is -0.130. The summed E-state index contributed by atoms with van der Waals surface area (Å²) < 4.78 is 4.77. The van der Waals surface area contributed by atoms with Gasteiger partial charge in [0.2, 0.25) is 11.8 Å². The van der Waals surface area contributed by atoms with Crippen molar-refractivity contribution in [1.82, 2.24) is 5.32 Å². The fraction of sp³-hybridized carbons (Fsp3) is 0.467. The molecule has 108 valence electrons. The molecule has 1 aliphatic rings. The van der Waals surface area contributed by atoms with Gasteiger partial charge in [-0.2, -0.15) is 0 Å². The summed E-state index contributed by atoms with van der Waals surface area (Å²) in [5, 5.41) is 2.73. The van der Waals surface area contributed by atoms with Gasteiger partial charge in [0, 0.05) is 19.3 Å². The highest BCUT2D eigenvalue weighted by Crippen LogP contribution is 2.21. The smallest absolute Gasteiger partial charge is 0.249 e. The van der Waals surface area contributed by atoms with Crippen LogP contribution in [0.2, 0.25) is 0 Å². The number of aryl methyl sites for hydroxylation is 1. The van der Waals surface area contributed by atoms with Crippen LogP contribution in [0.1, 0.15) is 18.4 Å². The predicted octanol–water partition coefficient (Wildman–Crippen LogP) is 1.25. The normalized spacial score (nSPS) is 19.0. The number of hydrogen-bond donors (Lipinski definition) is 1. The summed E-state index contributed by atoms with van der Waals surface area (Å²) in [6.45, 7) is 2.68. The molecule has 0 aliphatic carbocycles. The highest BCUT2D eigenvalue weighted by atomic mass is 16.5. The van der Waals surface area contributed by atoms with Gasteiger partial charge in [0.15, 0.2) is 0 Å². The van der Waals surface area contributed by atoms with E-state index in [1.165, 1.54) is 7.11 Å². The maximum Gasteiger partial charge on any atom is 0.249 e. The van der Waals surface area contributed by atoms with Gasteiger partial charge >= 0.3 is 0 Å². The number of carbonyl (C=O) groups excluding carboxylic acids is 2. The standard InChI is InChI=1S/C15H20N2O3/c1-11-5-7-12(8-6-11)17-9-3-4-13(15(17)19)16-14(18)10-20-2/h5-8,13H,3-4,9-10H2,1-2H3,(H,16,18)/t13-/m0/s1. The van der Waals surface area contributed by atoms with Crippen LogP contribution in [0.3, 0.4) is 0 Å². The second-order valence-electron chi connectivity index (χ2n) is 5.02. The number of methoxy groups -OCH3 is 1. The van der Waals surface area contributed by atoms with Crippen molar-refractivity contribution in [1.29, 1.82) is 0 Å². The second-order valence-corrected chi connectivity index (χ2v) is 5.02. The van der Waals surface area contributed by atoms with E-state index in [4.69, 9.17) is 4.74 Å². The first-order chi connectivity index (χ1) is 9.61. The zero-order valence-corrected chi connectivity index (χ0v) is 11.9. The van der Waals surface area contributed by atoms with Gasteiger partial charge in [-0.3, -0.25) is 9.59 Å². The highest BCUT2D eigenvalue weighted by Gasteiger charge is 2.30. The fourth-order valence-electron chi connectivity index (χ4n) is 2.36. The topological polar surface area (TPSA) is 58.6 Å². The molecule has 0 bridgehead atoms. The van der Waals surface area contributed by atoms with E-state index in [-0.39, 0.29) is 18.4 Å². The highest BCUT2D eigenvalue weighted by molar-refractivity contribution is 6.00. The molecule has 5 nitrogen and oxygen atoms in total. The summed E-state index contributed by atoms with van der Waals surface area (Å²) in [5.74, 6) is -0.304. The van der Waals surface area contributed by atoms with E-state index >= 15 is 0 Å². The minimum absolute atomic E-state index is 0.0195. The molecule has 0 spiro atoms. The zero-order valence-electron chi connectivity index (χ0n) is 11.9. The molecule has 5 heteroatoms. The van der Waals surface area contributed by atoms with Crippen molar-refractivity contribution in [3.05, 3.63) is 29.8 Å². The van der Waals surface area contributed by atoms with Crippen LogP contribution in [0.15, 0.2) is 24.3 Å². The summed E-state index contributed by atoms with van der Waals surface area (Å²) >= 11 is 0. The Balaban J connectivity index is 2.06. The maximum atomic E-state index is 12.4. The Labute approximate surface area is 118 Å². The largest absolute Gasteiger partial charge is 0.375 e. The molecule has 0 unspecified atom stereocenters. The van der Waals surface area contributed by atoms with Crippen LogP contribution >= 0.6 is 0 Å².